The van der Waals surface area contributed by atoms with E-state index in [9.17, 15) is 4.79 Å². The lowest BCUT2D eigenvalue weighted by Gasteiger charge is -2.08. The summed E-state index contributed by atoms with van der Waals surface area (Å²) in [5.41, 5.74) is 2.61. The Morgan fingerprint density at radius 1 is 1.17 bits per heavy atom. The SMILES string of the molecule is Cc1cccc(C(=O)Nc2ccc(Br)cc2)c1I. The van der Waals surface area contributed by atoms with E-state index in [2.05, 4.69) is 43.8 Å². The normalized spacial score (nSPS) is 10.2. The second-order valence-corrected chi connectivity index (χ2v) is 5.89. The van der Waals surface area contributed by atoms with Gasteiger partial charge in [-0.05, 0) is 65.4 Å². The van der Waals surface area contributed by atoms with Crippen LogP contribution in [0.15, 0.2) is 46.9 Å². The van der Waals surface area contributed by atoms with Crippen LogP contribution < -0.4 is 5.32 Å². The molecule has 1 N–H and O–H groups in total. The van der Waals surface area contributed by atoms with Crippen molar-refractivity contribution in [2.45, 2.75) is 6.92 Å². The van der Waals surface area contributed by atoms with E-state index in [1.165, 1.54) is 0 Å². The number of benzene rings is 2. The van der Waals surface area contributed by atoms with Gasteiger partial charge in [0.15, 0.2) is 0 Å². The lowest BCUT2D eigenvalue weighted by Crippen LogP contribution is -2.13. The fourth-order valence-corrected chi connectivity index (χ4v) is 2.42. The average molecular weight is 416 g/mol. The molecule has 2 aromatic carbocycles. The molecular formula is C14H11BrINO. The van der Waals surface area contributed by atoms with E-state index in [0.717, 1.165) is 19.3 Å². The van der Waals surface area contributed by atoms with Crippen LogP contribution in [0.1, 0.15) is 15.9 Å². The van der Waals surface area contributed by atoms with E-state index in [4.69, 9.17) is 0 Å². The van der Waals surface area contributed by atoms with Crippen molar-refractivity contribution < 1.29 is 4.79 Å². The van der Waals surface area contributed by atoms with Crippen molar-refractivity contribution >= 4 is 50.1 Å². The zero-order valence-electron chi connectivity index (χ0n) is 9.71. The Morgan fingerprint density at radius 3 is 2.50 bits per heavy atom. The summed E-state index contributed by atoms with van der Waals surface area (Å²) in [5, 5.41) is 2.89. The third-order valence-electron chi connectivity index (χ3n) is 2.54. The van der Waals surface area contributed by atoms with Crippen molar-refractivity contribution in [2.24, 2.45) is 0 Å². The monoisotopic (exact) mass is 415 g/mol. The standard InChI is InChI=1S/C14H11BrINO/c1-9-3-2-4-12(13(9)16)14(18)17-11-7-5-10(15)6-8-11/h2-8H,1H3,(H,17,18). The van der Waals surface area contributed by atoms with E-state index < -0.39 is 0 Å². The summed E-state index contributed by atoms with van der Waals surface area (Å²) in [5.74, 6) is -0.0783. The van der Waals surface area contributed by atoms with Gasteiger partial charge in [0, 0.05) is 13.7 Å². The quantitative estimate of drug-likeness (QED) is 0.712. The highest BCUT2D eigenvalue weighted by Crippen LogP contribution is 2.19. The Bertz CT molecular complexity index is 581. The third-order valence-corrected chi connectivity index (χ3v) is 4.50. The van der Waals surface area contributed by atoms with Crippen molar-refractivity contribution in [1.29, 1.82) is 0 Å². The van der Waals surface area contributed by atoms with E-state index in [1.54, 1.807) is 0 Å². The number of halogens is 2. The van der Waals surface area contributed by atoms with Gasteiger partial charge in [-0.1, -0.05) is 28.1 Å². The van der Waals surface area contributed by atoms with Gasteiger partial charge in [0.25, 0.3) is 5.91 Å². The molecule has 2 nitrogen and oxygen atoms in total. The molecule has 0 atom stereocenters. The second-order valence-electron chi connectivity index (χ2n) is 3.90. The van der Waals surface area contributed by atoms with Crippen LogP contribution in [0.25, 0.3) is 0 Å². The van der Waals surface area contributed by atoms with Crippen LogP contribution in [-0.2, 0) is 0 Å². The van der Waals surface area contributed by atoms with Crippen LogP contribution >= 0.6 is 38.5 Å². The van der Waals surface area contributed by atoms with Gasteiger partial charge in [0.05, 0.1) is 5.56 Å². The maximum absolute atomic E-state index is 12.1. The van der Waals surface area contributed by atoms with Gasteiger partial charge < -0.3 is 5.32 Å². The van der Waals surface area contributed by atoms with Crippen molar-refractivity contribution in [3.63, 3.8) is 0 Å². The fraction of sp³-hybridized carbons (Fsp3) is 0.0714. The van der Waals surface area contributed by atoms with E-state index >= 15 is 0 Å². The van der Waals surface area contributed by atoms with E-state index in [0.29, 0.717) is 5.56 Å². The molecule has 0 spiro atoms. The summed E-state index contributed by atoms with van der Waals surface area (Å²) >= 11 is 5.56. The molecule has 0 saturated carbocycles. The number of nitrogens with one attached hydrogen (secondary N) is 1. The number of amides is 1. The average Bonchev–Trinajstić information content (AvgIpc) is 2.35. The first kappa shape index (κ1) is 13.5. The molecule has 0 saturated heterocycles. The van der Waals surface area contributed by atoms with E-state index in [1.807, 2.05) is 49.4 Å². The smallest absolute Gasteiger partial charge is 0.256 e. The number of carbonyl (C=O) groups is 1. The molecule has 2 rings (SSSR count). The number of carbonyl (C=O) groups excluding carboxylic acids is 1. The first-order valence-electron chi connectivity index (χ1n) is 5.40. The van der Waals surface area contributed by atoms with Gasteiger partial charge in [-0.2, -0.15) is 0 Å². The van der Waals surface area contributed by atoms with E-state index in [-0.39, 0.29) is 5.91 Å². The fourth-order valence-electron chi connectivity index (χ4n) is 1.55. The zero-order chi connectivity index (χ0) is 13.1. The lowest BCUT2D eigenvalue weighted by atomic mass is 10.1. The molecule has 1 amide bonds. The Balaban J connectivity index is 2.22. The predicted molar refractivity (Wildman–Crippen MR) is 86.0 cm³/mol. The minimum Gasteiger partial charge on any atom is -0.322 e. The van der Waals surface area contributed by atoms with Crippen LogP contribution in [0.4, 0.5) is 5.69 Å². The van der Waals surface area contributed by atoms with Crippen molar-refractivity contribution in [3.8, 4) is 0 Å². The molecular weight excluding hydrogens is 405 g/mol. The minimum absolute atomic E-state index is 0.0783. The Morgan fingerprint density at radius 2 is 1.83 bits per heavy atom. The van der Waals surface area contributed by atoms with Gasteiger partial charge in [0.1, 0.15) is 0 Å². The van der Waals surface area contributed by atoms with Gasteiger partial charge in [-0.3, -0.25) is 4.79 Å². The summed E-state index contributed by atoms with van der Waals surface area (Å²) in [4.78, 5) is 12.1. The topological polar surface area (TPSA) is 29.1 Å². The molecule has 0 aliphatic carbocycles. The van der Waals surface area contributed by atoms with Crippen LogP contribution in [0.5, 0.6) is 0 Å². The van der Waals surface area contributed by atoms with Gasteiger partial charge in [-0.15, -0.1) is 0 Å². The first-order chi connectivity index (χ1) is 8.58. The molecule has 0 aromatic heterocycles. The van der Waals surface area contributed by atoms with Crippen LogP contribution in [0.3, 0.4) is 0 Å². The van der Waals surface area contributed by atoms with Crippen molar-refractivity contribution in [1.82, 2.24) is 0 Å². The highest BCUT2D eigenvalue weighted by Gasteiger charge is 2.11. The summed E-state index contributed by atoms with van der Waals surface area (Å²) in [6.45, 7) is 2.00. The molecule has 2 aromatic rings. The Labute approximate surface area is 128 Å². The molecule has 4 heteroatoms. The number of rotatable bonds is 2. The van der Waals surface area contributed by atoms with Crippen LogP contribution in [0, 0.1) is 10.5 Å². The Hall–Kier alpha value is -0.880. The Kier molecular flexibility index (Phi) is 4.40. The van der Waals surface area contributed by atoms with Crippen molar-refractivity contribution in [3.05, 3.63) is 61.6 Å². The second kappa shape index (κ2) is 5.84. The van der Waals surface area contributed by atoms with Gasteiger partial charge >= 0.3 is 0 Å². The summed E-state index contributed by atoms with van der Waals surface area (Å²) in [6.07, 6.45) is 0. The lowest BCUT2D eigenvalue weighted by molar-refractivity contribution is 0.102. The zero-order valence-corrected chi connectivity index (χ0v) is 13.4. The molecule has 0 bridgehead atoms. The highest BCUT2D eigenvalue weighted by molar-refractivity contribution is 14.1. The molecule has 0 fully saturated rings. The van der Waals surface area contributed by atoms with Crippen LogP contribution in [-0.4, -0.2) is 5.91 Å². The van der Waals surface area contributed by atoms with Crippen LogP contribution in [0.2, 0.25) is 0 Å². The number of aryl methyl sites for hydroxylation is 1. The molecule has 92 valence electrons. The van der Waals surface area contributed by atoms with Gasteiger partial charge in [0.2, 0.25) is 0 Å². The maximum Gasteiger partial charge on any atom is 0.256 e. The summed E-state index contributed by atoms with van der Waals surface area (Å²) in [7, 11) is 0. The molecule has 0 aliphatic heterocycles. The third kappa shape index (κ3) is 3.11. The largest absolute Gasteiger partial charge is 0.322 e. The first-order valence-corrected chi connectivity index (χ1v) is 7.27. The number of hydrogen-bond donors (Lipinski definition) is 1. The predicted octanol–water partition coefficient (Wildman–Crippen LogP) is 4.61. The molecule has 0 unspecified atom stereocenters. The number of anilines is 1. The summed E-state index contributed by atoms with van der Waals surface area (Å²) < 4.78 is 1.98. The molecule has 0 heterocycles. The molecule has 18 heavy (non-hydrogen) atoms. The number of hydrogen-bond acceptors (Lipinski definition) is 1. The minimum atomic E-state index is -0.0783. The molecule has 0 radical (unpaired) electrons. The summed E-state index contributed by atoms with van der Waals surface area (Å²) in [6, 6.07) is 13.3. The maximum atomic E-state index is 12.1. The van der Waals surface area contributed by atoms with Gasteiger partial charge in [-0.25, -0.2) is 0 Å². The molecule has 0 aliphatic rings. The van der Waals surface area contributed by atoms with Crippen molar-refractivity contribution in [2.75, 3.05) is 5.32 Å². The highest BCUT2D eigenvalue weighted by atomic mass is 127.